The van der Waals surface area contributed by atoms with Crippen molar-refractivity contribution in [2.75, 3.05) is 6.61 Å². The van der Waals surface area contributed by atoms with Crippen LogP contribution in [0.15, 0.2) is 43.7 Å². The van der Waals surface area contributed by atoms with Crippen LogP contribution in [0.3, 0.4) is 0 Å². The van der Waals surface area contributed by atoms with Gasteiger partial charge in [0.1, 0.15) is 17.1 Å². The molecule has 0 amide bonds. The molecular weight excluding hydrogens is 512 g/mol. The number of aromatic carboxylic acids is 1. The van der Waals surface area contributed by atoms with Crippen molar-refractivity contribution < 1.29 is 24.2 Å². The van der Waals surface area contributed by atoms with Crippen molar-refractivity contribution in [3.63, 3.8) is 0 Å². The molecule has 8 heteroatoms. The molecular formula is C16H11Br3O5. The number of rotatable bonds is 5. The summed E-state index contributed by atoms with van der Waals surface area (Å²) in [4.78, 5) is 23.2. The average molecular weight is 523 g/mol. The fourth-order valence-electron chi connectivity index (χ4n) is 1.91. The predicted molar refractivity (Wildman–Crippen MR) is 98.8 cm³/mol. The van der Waals surface area contributed by atoms with E-state index in [1.165, 1.54) is 12.1 Å². The molecule has 0 unspecified atom stereocenters. The highest BCUT2D eigenvalue weighted by Gasteiger charge is 2.16. The number of hydrogen-bond acceptors (Lipinski definition) is 4. The average Bonchev–Trinajstić information content (AvgIpc) is 2.47. The van der Waals surface area contributed by atoms with E-state index >= 15 is 0 Å². The van der Waals surface area contributed by atoms with Gasteiger partial charge in [0.05, 0.1) is 4.47 Å². The number of esters is 1. The maximum atomic E-state index is 12.0. The Balaban J connectivity index is 2.09. The predicted octanol–water partition coefficient (Wildman–Crippen LogP) is 4.97. The molecule has 0 aliphatic rings. The minimum Gasteiger partial charge on any atom is -0.480 e. The molecule has 0 radical (unpaired) electrons. The molecule has 5 nitrogen and oxygen atoms in total. The lowest BCUT2D eigenvalue weighted by atomic mass is 10.2. The molecule has 0 heterocycles. The molecule has 24 heavy (non-hydrogen) atoms. The summed E-state index contributed by atoms with van der Waals surface area (Å²) >= 11 is 9.90. The van der Waals surface area contributed by atoms with Crippen LogP contribution in [0.5, 0.6) is 11.5 Å². The fourth-order valence-corrected chi connectivity index (χ4v) is 3.83. The molecule has 0 aliphatic heterocycles. The summed E-state index contributed by atoms with van der Waals surface area (Å²) in [5.74, 6) is -1.41. The molecule has 0 fully saturated rings. The van der Waals surface area contributed by atoms with Crippen molar-refractivity contribution >= 4 is 59.7 Å². The molecule has 0 bridgehead atoms. The first-order chi connectivity index (χ1) is 11.3. The molecule has 0 saturated carbocycles. The van der Waals surface area contributed by atoms with Crippen LogP contribution in [0.2, 0.25) is 0 Å². The van der Waals surface area contributed by atoms with Crippen LogP contribution in [0, 0.1) is 6.92 Å². The van der Waals surface area contributed by atoms with Gasteiger partial charge >= 0.3 is 11.9 Å². The minimum atomic E-state index is -1.19. The topological polar surface area (TPSA) is 72.8 Å². The molecule has 0 atom stereocenters. The van der Waals surface area contributed by atoms with E-state index in [2.05, 4.69) is 47.8 Å². The number of carboxylic acids is 1. The van der Waals surface area contributed by atoms with Crippen LogP contribution in [0.1, 0.15) is 15.9 Å². The van der Waals surface area contributed by atoms with Gasteiger partial charge < -0.3 is 14.6 Å². The summed E-state index contributed by atoms with van der Waals surface area (Å²) in [5.41, 5.74) is 0.720. The summed E-state index contributed by atoms with van der Waals surface area (Å²) < 4.78 is 12.7. The Kier molecular flexibility index (Phi) is 6.42. The Morgan fingerprint density at radius 1 is 1.08 bits per heavy atom. The number of carbonyl (C=O) groups is 2. The summed E-state index contributed by atoms with van der Waals surface area (Å²) in [7, 11) is 0. The van der Waals surface area contributed by atoms with Gasteiger partial charge in [0, 0.05) is 8.95 Å². The third kappa shape index (κ3) is 4.81. The zero-order chi connectivity index (χ0) is 17.9. The van der Waals surface area contributed by atoms with Crippen LogP contribution < -0.4 is 9.47 Å². The van der Waals surface area contributed by atoms with Crippen molar-refractivity contribution in [2.45, 2.75) is 6.92 Å². The van der Waals surface area contributed by atoms with Gasteiger partial charge in [0.15, 0.2) is 6.61 Å². The molecule has 0 aliphatic carbocycles. The Morgan fingerprint density at radius 2 is 1.79 bits per heavy atom. The molecule has 2 rings (SSSR count). The summed E-state index contributed by atoms with van der Waals surface area (Å²) in [6.45, 7) is 1.49. The van der Waals surface area contributed by atoms with Gasteiger partial charge in [-0.3, -0.25) is 0 Å². The largest absolute Gasteiger partial charge is 0.480 e. The highest BCUT2D eigenvalue weighted by atomic mass is 79.9. The quantitative estimate of drug-likeness (QED) is 0.443. The molecule has 0 saturated heterocycles. The van der Waals surface area contributed by atoms with Gasteiger partial charge in [-0.2, -0.15) is 0 Å². The van der Waals surface area contributed by atoms with E-state index in [1.807, 2.05) is 13.0 Å². The van der Waals surface area contributed by atoms with Crippen molar-refractivity contribution in [3.8, 4) is 11.5 Å². The van der Waals surface area contributed by atoms with E-state index in [0.717, 1.165) is 10.0 Å². The second kappa shape index (κ2) is 8.13. The summed E-state index contributed by atoms with van der Waals surface area (Å²) in [6.07, 6.45) is 0. The number of aryl methyl sites for hydroxylation is 1. The van der Waals surface area contributed by atoms with Crippen molar-refractivity contribution in [1.29, 1.82) is 0 Å². The van der Waals surface area contributed by atoms with Crippen molar-refractivity contribution in [1.82, 2.24) is 0 Å². The Hall–Kier alpha value is -1.38. The lowest BCUT2D eigenvalue weighted by Crippen LogP contribution is -2.19. The zero-order valence-electron chi connectivity index (χ0n) is 12.3. The van der Waals surface area contributed by atoms with E-state index in [9.17, 15) is 9.59 Å². The number of benzene rings is 2. The van der Waals surface area contributed by atoms with E-state index < -0.39 is 11.9 Å². The van der Waals surface area contributed by atoms with Crippen molar-refractivity contribution in [2.24, 2.45) is 0 Å². The van der Waals surface area contributed by atoms with Crippen LogP contribution >= 0.6 is 47.8 Å². The first-order valence-corrected chi connectivity index (χ1v) is 8.98. The molecule has 126 valence electrons. The van der Waals surface area contributed by atoms with Crippen molar-refractivity contribution in [3.05, 3.63) is 54.9 Å². The Morgan fingerprint density at radius 3 is 2.42 bits per heavy atom. The number of carboxylic acid groups (broad SMARTS) is 1. The standard InChI is InChI=1S/C16H11Br3O5/c1-8-4-10(18)6-12(19)15(8)23-7-14(20)24-13-3-2-9(17)5-11(13)16(21)22/h2-6H,7H2,1H3,(H,21,22). The fraction of sp³-hybridized carbons (Fsp3) is 0.125. The van der Waals surface area contributed by atoms with E-state index in [-0.39, 0.29) is 17.9 Å². The smallest absolute Gasteiger partial charge is 0.349 e. The van der Waals surface area contributed by atoms with Gasteiger partial charge in [-0.25, -0.2) is 9.59 Å². The molecule has 2 aromatic rings. The second-order valence-corrected chi connectivity index (χ2v) is 7.43. The van der Waals surface area contributed by atoms with Crippen LogP contribution in [-0.2, 0) is 4.79 Å². The van der Waals surface area contributed by atoms with Gasteiger partial charge in [-0.15, -0.1) is 0 Å². The van der Waals surface area contributed by atoms with E-state index in [0.29, 0.717) is 14.7 Å². The van der Waals surface area contributed by atoms with Crippen LogP contribution in [0.25, 0.3) is 0 Å². The molecule has 0 spiro atoms. The maximum absolute atomic E-state index is 12.0. The van der Waals surface area contributed by atoms with Crippen LogP contribution in [0.4, 0.5) is 0 Å². The van der Waals surface area contributed by atoms with Gasteiger partial charge in [0.25, 0.3) is 0 Å². The SMILES string of the molecule is Cc1cc(Br)cc(Br)c1OCC(=O)Oc1ccc(Br)cc1C(=O)O. The first kappa shape index (κ1) is 19.0. The molecule has 1 N–H and O–H groups in total. The lowest BCUT2D eigenvalue weighted by molar-refractivity contribution is -0.136. The van der Waals surface area contributed by atoms with Gasteiger partial charge in [-0.05, 0) is 58.7 Å². The highest BCUT2D eigenvalue weighted by Crippen LogP contribution is 2.32. The number of halogens is 3. The number of carbonyl (C=O) groups excluding carboxylic acids is 1. The van der Waals surface area contributed by atoms with E-state index in [4.69, 9.17) is 14.6 Å². The minimum absolute atomic E-state index is 0.0362. The number of hydrogen-bond donors (Lipinski definition) is 1. The highest BCUT2D eigenvalue weighted by molar-refractivity contribution is 9.11. The summed E-state index contributed by atoms with van der Waals surface area (Å²) in [6, 6.07) is 8.01. The normalized spacial score (nSPS) is 10.3. The van der Waals surface area contributed by atoms with E-state index in [1.54, 1.807) is 12.1 Å². The molecule has 0 aromatic heterocycles. The van der Waals surface area contributed by atoms with Gasteiger partial charge in [-0.1, -0.05) is 31.9 Å². The molecule has 2 aromatic carbocycles. The number of ether oxygens (including phenoxy) is 2. The Bertz CT molecular complexity index is 781. The zero-order valence-corrected chi connectivity index (χ0v) is 17.1. The third-order valence-corrected chi connectivity index (χ3v) is 4.46. The second-order valence-electron chi connectivity index (χ2n) is 4.74. The van der Waals surface area contributed by atoms with Gasteiger partial charge in [0.2, 0.25) is 0 Å². The Labute approximate surface area is 163 Å². The van der Waals surface area contributed by atoms with Crippen LogP contribution in [-0.4, -0.2) is 23.7 Å². The first-order valence-electron chi connectivity index (χ1n) is 6.60. The maximum Gasteiger partial charge on any atom is 0.349 e. The third-order valence-electron chi connectivity index (χ3n) is 2.92. The monoisotopic (exact) mass is 520 g/mol. The summed E-state index contributed by atoms with van der Waals surface area (Å²) in [5, 5.41) is 9.16. The lowest BCUT2D eigenvalue weighted by Gasteiger charge is -2.12.